The van der Waals surface area contributed by atoms with Gasteiger partial charge in [-0.1, -0.05) is 32.4 Å². The topological polar surface area (TPSA) is 27.7 Å². The average Bonchev–Trinajstić information content (AvgIpc) is 2.83. The number of rotatable bonds is 3. The zero-order valence-corrected chi connectivity index (χ0v) is 12.6. The van der Waals surface area contributed by atoms with Crippen LogP contribution >= 0.6 is 0 Å². The summed E-state index contributed by atoms with van der Waals surface area (Å²) < 4.78 is 17.2. The summed E-state index contributed by atoms with van der Waals surface area (Å²) in [5.74, 6) is 0.924. The first kappa shape index (κ1) is 14.4. The number of ether oxygens (including phenoxy) is 3. The van der Waals surface area contributed by atoms with Gasteiger partial charge < -0.3 is 14.2 Å². The van der Waals surface area contributed by atoms with E-state index in [4.69, 9.17) is 14.2 Å². The summed E-state index contributed by atoms with van der Waals surface area (Å²) in [4.78, 5) is 0. The Balaban J connectivity index is 2.53. The van der Waals surface area contributed by atoms with Gasteiger partial charge in [0, 0.05) is 5.56 Å². The second-order valence-corrected chi connectivity index (χ2v) is 5.99. The van der Waals surface area contributed by atoms with E-state index in [-0.39, 0.29) is 11.7 Å². The molecule has 0 bridgehead atoms. The molecule has 0 atom stereocenters. The van der Waals surface area contributed by atoms with Gasteiger partial charge in [-0.05, 0) is 25.3 Å². The van der Waals surface area contributed by atoms with Crippen LogP contribution in [-0.4, -0.2) is 19.8 Å². The molecule has 0 saturated carbocycles. The third kappa shape index (κ3) is 3.10. The molecule has 0 aliphatic carbocycles. The third-order valence-electron chi connectivity index (χ3n) is 3.23. The van der Waals surface area contributed by atoms with E-state index in [2.05, 4.69) is 39.8 Å². The fourth-order valence-electron chi connectivity index (χ4n) is 2.38. The van der Waals surface area contributed by atoms with Crippen LogP contribution in [0, 0.1) is 6.92 Å². The van der Waals surface area contributed by atoms with Gasteiger partial charge >= 0.3 is 0 Å². The second-order valence-electron chi connectivity index (χ2n) is 5.99. The summed E-state index contributed by atoms with van der Waals surface area (Å²) in [5, 5.41) is 0. The Labute approximate surface area is 115 Å². The molecule has 2 rings (SSSR count). The number of aryl methyl sites for hydroxylation is 1. The van der Waals surface area contributed by atoms with E-state index in [1.807, 2.05) is 6.92 Å². The van der Waals surface area contributed by atoms with Crippen LogP contribution < -0.4 is 4.74 Å². The van der Waals surface area contributed by atoms with Gasteiger partial charge in [-0.2, -0.15) is 0 Å². The minimum atomic E-state index is -0.289. The maximum absolute atomic E-state index is 5.90. The predicted molar refractivity (Wildman–Crippen MR) is 75.7 cm³/mol. The SMILES string of the molecule is CCOc1c(C2OCCO2)cc(C)cc1C(C)(C)C. The van der Waals surface area contributed by atoms with Crippen LogP contribution in [0.3, 0.4) is 0 Å². The smallest absolute Gasteiger partial charge is 0.187 e. The van der Waals surface area contributed by atoms with E-state index in [1.165, 1.54) is 11.1 Å². The normalized spacial score (nSPS) is 16.9. The standard InChI is InChI=1S/C16H24O3/c1-6-17-14-12(15-18-7-8-19-15)9-11(2)10-13(14)16(3,4)5/h9-10,15H,6-8H2,1-5H3. The van der Waals surface area contributed by atoms with E-state index in [0.717, 1.165) is 11.3 Å². The maximum atomic E-state index is 5.90. The molecule has 3 nitrogen and oxygen atoms in total. The number of hydrogen-bond acceptors (Lipinski definition) is 3. The van der Waals surface area contributed by atoms with Gasteiger partial charge in [0.25, 0.3) is 0 Å². The van der Waals surface area contributed by atoms with E-state index in [1.54, 1.807) is 0 Å². The lowest BCUT2D eigenvalue weighted by molar-refractivity contribution is -0.0458. The summed E-state index contributed by atoms with van der Waals surface area (Å²) in [6.07, 6.45) is -0.289. The summed E-state index contributed by atoms with van der Waals surface area (Å²) in [7, 11) is 0. The molecule has 1 aliphatic heterocycles. The molecule has 0 aromatic heterocycles. The van der Waals surface area contributed by atoms with Crippen LogP contribution in [-0.2, 0) is 14.9 Å². The summed E-state index contributed by atoms with van der Waals surface area (Å²) in [5.41, 5.74) is 3.47. The largest absolute Gasteiger partial charge is 0.493 e. The quantitative estimate of drug-likeness (QED) is 0.832. The van der Waals surface area contributed by atoms with Crippen LogP contribution in [0.2, 0.25) is 0 Å². The lowest BCUT2D eigenvalue weighted by atomic mass is 9.84. The Morgan fingerprint density at radius 1 is 1.21 bits per heavy atom. The van der Waals surface area contributed by atoms with Gasteiger partial charge in [0.05, 0.1) is 25.4 Å². The first-order chi connectivity index (χ1) is 8.93. The van der Waals surface area contributed by atoms with Gasteiger partial charge in [0.15, 0.2) is 6.29 Å². The Hall–Kier alpha value is -1.06. The Morgan fingerprint density at radius 2 is 1.84 bits per heavy atom. The van der Waals surface area contributed by atoms with Crippen molar-refractivity contribution in [3.05, 3.63) is 28.8 Å². The molecule has 0 amide bonds. The van der Waals surface area contributed by atoms with Crippen molar-refractivity contribution in [1.82, 2.24) is 0 Å². The molecule has 1 aromatic carbocycles. The Kier molecular flexibility index (Phi) is 4.16. The number of hydrogen-bond donors (Lipinski definition) is 0. The average molecular weight is 264 g/mol. The van der Waals surface area contributed by atoms with Crippen molar-refractivity contribution in [2.75, 3.05) is 19.8 Å². The van der Waals surface area contributed by atoms with E-state index in [0.29, 0.717) is 19.8 Å². The maximum Gasteiger partial charge on any atom is 0.187 e. The lowest BCUT2D eigenvalue weighted by Gasteiger charge is -2.26. The molecule has 0 radical (unpaired) electrons. The van der Waals surface area contributed by atoms with Crippen molar-refractivity contribution < 1.29 is 14.2 Å². The minimum absolute atomic E-state index is 0.0316. The van der Waals surface area contributed by atoms with Crippen molar-refractivity contribution in [2.24, 2.45) is 0 Å². The van der Waals surface area contributed by atoms with Crippen molar-refractivity contribution in [3.8, 4) is 5.75 Å². The van der Waals surface area contributed by atoms with Crippen LogP contribution in [0.15, 0.2) is 12.1 Å². The van der Waals surface area contributed by atoms with Crippen LogP contribution in [0.5, 0.6) is 5.75 Å². The highest BCUT2D eigenvalue weighted by Crippen LogP contribution is 2.40. The molecule has 3 heteroatoms. The molecule has 1 aromatic rings. The first-order valence-corrected chi connectivity index (χ1v) is 6.94. The summed E-state index contributed by atoms with van der Waals surface area (Å²) >= 11 is 0. The van der Waals surface area contributed by atoms with Crippen molar-refractivity contribution in [1.29, 1.82) is 0 Å². The highest BCUT2D eigenvalue weighted by Gasteiger charge is 2.28. The molecule has 0 N–H and O–H groups in total. The van der Waals surface area contributed by atoms with E-state index >= 15 is 0 Å². The molecule has 1 saturated heterocycles. The molecule has 1 fully saturated rings. The summed E-state index contributed by atoms with van der Waals surface area (Å²) in [6.45, 7) is 12.6. The molecular formula is C16H24O3. The van der Waals surface area contributed by atoms with E-state index < -0.39 is 0 Å². The predicted octanol–water partition coefficient (Wildman–Crippen LogP) is 3.74. The highest BCUT2D eigenvalue weighted by molar-refractivity contribution is 5.48. The van der Waals surface area contributed by atoms with Crippen molar-refractivity contribution >= 4 is 0 Å². The highest BCUT2D eigenvalue weighted by atomic mass is 16.7. The van der Waals surface area contributed by atoms with Gasteiger partial charge in [-0.25, -0.2) is 0 Å². The monoisotopic (exact) mass is 264 g/mol. The lowest BCUT2D eigenvalue weighted by Crippen LogP contribution is -2.16. The van der Waals surface area contributed by atoms with Crippen molar-refractivity contribution in [2.45, 2.75) is 46.3 Å². The Bertz CT molecular complexity index is 440. The Morgan fingerprint density at radius 3 is 2.37 bits per heavy atom. The third-order valence-corrected chi connectivity index (χ3v) is 3.23. The molecule has 106 valence electrons. The van der Waals surface area contributed by atoms with Gasteiger partial charge in [-0.15, -0.1) is 0 Å². The minimum Gasteiger partial charge on any atom is -0.493 e. The van der Waals surface area contributed by atoms with Gasteiger partial charge in [-0.3, -0.25) is 0 Å². The van der Waals surface area contributed by atoms with Crippen LogP contribution in [0.1, 0.15) is 50.7 Å². The second kappa shape index (κ2) is 5.51. The zero-order chi connectivity index (χ0) is 14.0. The first-order valence-electron chi connectivity index (χ1n) is 6.94. The van der Waals surface area contributed by atoms with Crippen LogP contribution in [0.25, 0.3) is 0 Å². The molecule has 0 unspecified atom stereocenters. The summed E-state index contributed by atoms with van der Waals surface area (Å²) in [6, 6.07) is 4.31. The molecule has 1 heterocycles. The van der Waals surface area contributed by atoms with Crippen molar-refractivity contribution in [3.63, 3.8) is 0 Å². The molecular weight excluding hydrogens is 240 g/mol. The fraction of sp³-hybridized carbons (Fsp3) is 0.625. The number of benzene rings is 1. The molecule has 0 spiro atoms. The van der Waals surface area contributed by atoms with Crippen LogP contribution in [0.4, 0.5) is 0 Å². The van der Waals surface area contributed by atoms with E-state index in [9.17, 15) is 0 Å². The zero-order valence-electron chi connectivity index (χ0n) is 12.6. The molecule has 1 aliphatic rings. The fourth-order valence-corrected chi connectivity index (χ4v) is 2.38. The van der Waals surface area contributed by atoms with Gasteiger partial charge in [0.2, 0.25) is 0 Å². The van der Waals surface area contributed by atoms with Gasteiger partial charge in [0.1, 0.15) is 5.75 Å². The molecule has 19 heavy (non-hydrogen) atoms.